The first-order valence-electron chi connectivity index (χ1n) is 14.3. The normalized spacial score (nSPS) is 21.1. The van der Waals surface area contributed by atoms with Crippen molar-refractivity contribution in [2.24, 2.45) is 21.8 Å². The molecule has 4 rings (SSSR count). The molecule has 0 aliphatic carbocycles. The Labute approximate surface area is 268 Å². The molecule has 4 atom stereocenters. The third-order valence-electron chi connectivity index (χ3n) is 8.14. The number of carbonyl (C=O) groups excluding carboxylic acids is 3. The minimum Gasteiger partial charge on any atom is -0.468 e. The lowest BCUT2D eigenvalue weighted by Crippen LogP contribution is -2.37. The summed E-state index contributed by atoms with van der Waals surface area (Å²) in [6, 6.07) is 11.1. The maximum absolute atomic E-state index is 14.0. The average Bonchev–Trinajstić information content (AvgIpc) is 3.03. The van der Waals surface area contributed by atoms with Gasteiger partial charge in [-0.1, -0.05) is 24.3 Å². The van der Waals surface area contributed by atoms with Crippen LogP contribution in [0.1, 0.15) is 50.7 Å². The molecule has 0 amide bonds. The number of nitro benzene ring substituents is 2. The molecule has 2 aliphatic heterocycles. The van der Waals surface area contributed by atoms with E-state index in [0.29, 0.717) is 11.3 Å². The van der Waals surface area contributed by atoms with Gasteiger partial charge in [0.2, 0.25) is 0 Å². The molecule has 2 aromatic rings. The van der Waals surface area contributed by atoms with Gasteiger partial charge in [-0.3, -0.25) is 35.0 Å². The topological polar surface area (TPSA) is 199 Å². The Balaban J connectivity index is 1.81. The molecular formula is C32H32N4O11. The van der Waals surface area contributed by atoms with Crippen molar-refractivity contribution in [3.8, 4) is 0 Å². The molecule has 0 saturated carbocycles. The van der Waals surface area contributed by atoms with Crippen LogP contribution in [0.15, 0.2) is 81.1 Å². The molecule has 15 nitrogen and oxygen atoms in total. The third kappa shape index (κ3) is 7.05. The molecule has 2 heterocycles. The highest BCUT2D eigenvalue weighted by molar-refractivity contribution is 6.10. The second kappa shape index (κ2) is 14.3. The van der Waals surface area contributed by atoms with Crippen LogP contribution >= 0.6 is 0 Å². The van der Waals surface area contributed by atoms with Gasteiger partial charge in [0, 0.05) is 64.8 Å². The molecule has 0 aromatic heterocycles. The number of rotatable bonds is 10. The van der Waals surface area contributed by atoms with Crippen LogP contribution in [0.5, 0.6) is 0 Å². The van der Waals surface area contributed by atoms with Crippen LogP contribution in [0.3, 0.4) is 0 Å². The lowest BCUT2D eigenvalue weighted by atomic mass is 9.75. The molecule has 0 bridgehead atoms. The van der Waals surface area contributed by atoms with E-state index in [2.05, 4.69) is 9.98 Å². The van der Waals surface area contributed by atoms with Crippen molar-refractivity contribution in [2.45, 2.75) is 39.5 Å². The van der Waals surface area contributed by atoms with E-state index in [1.165, 1.54) is 56.5 Å². The van der Waals surface area contributed by atoms with Crippen molar-refractivity contribution in [3.05, 3.63) is 102 Å². The van der Waals surface area contributed by atoms with E-state index in [1.807, 2.05) is 0 Å². The van der Waals surface area contributed by atoms with Gasteiger partial charge in [0.05, 0.1) is 41.8 Å². The second-order valence-electron chi connectivity index (χ2n) is 10.9. The number of non-ortho nitro benzene ring substituents is 2. The van der Waals surface area contributed by atoms with E-state index in [4.69, 9.17) is 19.2 Å². The molecule has 0 N–H and O–H groups in total. The maximum Gasteiger partial charge on any atom is 0.344 e. The van der Waals surface area contributed by atoms with E-state index < -0.39 is 51.4 Å². The summed E-state index contributed by atoms with van der Waals surface area (Å²) in [6.45, 7) is 6.21. The number of benzene rings is 2. The predicted molar refractivity (Wildman–Crippen MR) is 166 cm³/mol. The van der Waals surface area contributed by atoms with Crippen LogP contribution in [0, 0.1) is 32.1 Å². The maximum atomic E-state index is 14.0. The number of aliphatic imine (C=N–C) groups is 2. The molecule has 0 radical (unpaired) electrons. The Morgan fingerprint density at radius 2 is 1.26 bits per heavy atom. The number of hydrogen-bond donors (Lipinski definition) is 0. The molecule has 0 fully saturated rings. The molecule has 0 saturated heterocycles. The van der Waals surface area contributed by atoms with Crippen LogP contribution < -0.4 is 0 Å². The fourth-order valence-electron chi connectivity index (χ4n) is 6.06. The number of carbonyl (C=O) groups is 3. The van der Waals surface area contributed by atoms with Crippen molar-refractivity contribution < 1.29 is 43.5 Å². The summed E-state index contributed by atoms with van der Waals surface area (Å²) in [5.74, 6) is -6.88. The Morgan fingerprint density at radius 3 is 1.74 bits per heavy atom. The molecule has 15 heteroatoms. The molecule has 2 aliphatic rings. The van der Waals surface area contributed by atoms with E-state index in [1.54, 1.807) is 26.8 Å². The Morgan fingerprint density at radius 1 is 0.766 bits per heavy atom. The molecular weight excluding hydrogens is 616 g/mol. The molecule has 246 valence electrons. The smallest absolute Gasteiger partial charge is 0.344 e. The average molecular weight is 649 g/mol. The lowest BCUT2D eigenvalue weighted by Gasteiger charge is -2.33. The van der Waals surface area contributed by atoms with Gasteiger partial charge in [-0.15, -0.1) is 0 Å². The highest BCUT2D eigenvalue weighted by Crippen LogP contribution is 2.43. The SMILES string of the molecule is COOCC1C(C)=NC(C)=C(C(=O)OC(=O)C2=C(C)N=C(C)C(C(=O)OC)[C@@H]2c2cccc([N+](=O)[O-])c2)[C@@H]1c1cccc([N+](=O)[O-])c1. The largest absolute Gasteiger partial charge is 0.468 e. The number of allylic oxidation sites excluding steroid dienone is 2. The van der Waals surface area contributed by atoms with E-state index in [-0.39, 0.29) is 51.8 Å². The first kappa shape index (κ1) is 34.5. The summed E-state index contributed by atoms with van der Waals surface area (Å²) in [6.07, 6.45) is 0. The van der Waals surface area contributed by atoms with Crippen molar-refractivity contribution in [3.63, 3.8) is 0 Å². The minimum absolute atomic E-state index is 0.0562. The molecule has 2 unspecified atom stereocenters. The van der Waals surface area contributed by atoms with Crippen LogP contribution in [-0.2, 0) is 33.6 Å². The number of nitro groups is 2. The van der Waals surface area contributed by atoms with Crippen LogP contribution in [-0.4, -0.2) is 60.0 Å². The summed E-state index contributed by atoms with van der Waals surface area (Å²) in [5, 5.41) is 23.2. The van der Waals surface area contributed by atoms with Crippen molar-refractivity contribution in [1.82, 2.24) is 0 Å². The first-order valence-corrected chi connectivity index (χ1v) is 14.3. The van der Waals surface area contributed by atoms with Gasteiger partial charge >= 0.3 is 17.9 Å². The van der Waals surface area contributed by atoms with Crippen LogP contribution in [0.25, 0.3) is 0 Å². The number of ether oxygens (including phenoxy) is 2. The molecule has 47 heavy (non-hydrogen) atoms. The van der Waals surface area contributed by atoms with Crippen LogP contribution in [0.2, 0.25) is 0 Å². The zero-order valence-corrected chi connectivity index (χ0v) is 26.4. The van der Waals surface area contributed by atoms with Crippen molar-refractivity contribution in [2.75, 3.05) is 20.8 Å². The Kier molecular flexibility index (Phi) is 10.5. The Hall–Kier alpha value is -5.41. The molecule has 0 spiro atoms. The first-order chi connectivity index (χ1) is 22.3. The summed E-state index contributed by atoms with van der Waals surface area (Å²) in [5.41, 5.74) is 1.01. The van der Waals surface area contributed by atoms with Gasteiger partial charge in [-0.25, -0.2) is 19.4 Å². The number of esters is 3. The number of hydrogen-bond acceptors (Lipinski definition) is 13. The fraction of sp³-hybridized carbons (Fsp3) is 0.344. The summed E-state index contributed by atoms with van der Waals surface area (Å²) in [7, 11) is 2.46. The van der Waals surface area contributed by atoms with Crippen molar-refractivity contribution >= 4 is 40.7 Å². The third-order valence-corrected chi connectivity index (χ3v) is 8.14. The van der Waals surface area contributed by atoms with Gasteiger partial charge in [-0.2, -0.15) is 0 Å². The van der Waals surface area contributed by atoms with E-state index in [9.17, 15) is 34.6 Å². The van der Waals surface area contributed by atoms with Gasteiger partial charge in [-0.05, 0) is 38.8 Å². The Bertz CT molecular complexity index is 1780. The minimum atomic E-state index is -1.17. The quantitative estimate of drug-likeness (QED) is 0.111. The van der Waals surface area contributed by atoms with Gasteiger partial charge in [0.25, 0.3) is 11.4 Å². The monoisotopic (exact) mass is 648 g/mol. The van der Waals surface area contributed by atoms with E-state index in [0.717, 1.165) is 7.11 Å². The zero-order valence-electron chi connectivity index (χ0n) is 26.4. The highest BCUT2D eigenvalue weighted by atomic mass is 17.2. The van der Waals surface area contributed by atoms with Crippen LogP contribution in [0.4, 0.5) is 11.4 Å². The lowest BCUT2D eigenvalue weighted by molar-refractivity contribution is -0.385. The number of methoxy groups -OCH3 is 1. The van der Waals surface area contributed by atoms with Crippen molar-refractivity contribution in [1.29, 1.82) is 0 Å². The highest BCUT2D eigenvalue weighted by Gasteiger charge is 2.45. The fourth-order valence-corrected chi connectivity index (χ4v) is 6.06. The number of nitrogens with zero attached hydrogens (tertiary/aromatic N) is 4. The van der Waals surface area contributed by atoms with Gasteiger partial charge < -0.3 is 9.47 Å². The summed E-state index contributed by atoms with van der Waals surface area (Å²) in [4.78, 5) is 81.9. The van der Waals surface area contributed by atoms with E-state index >= 15 is 0 Å². The second-order valence-corrected chi connectivity index (χ2v) is 10.9. The zero-order chi connectivity index (χ0) is 34.6. The summed E-state index contributed by atoms with van der Waals surface area (Å²) < 4.78 is 10.5. The summed E-state index contributed by atoms with van der Waals surface area (Å²) >= 11 is 0. The van der Waals surface area contributed by atoms with Gasteiger partial charge in [0.15, 0.2) is 0 Å². The molecule has 2 aromatic carbocycles. The van der Waals surface area contributed by atoms with Gasteiger partial charge in [0.1, 0.15) is 5.92 Å². The predicted octanol–water partition coefficient (Wildman–Crippen LogP) is 4.92. The standard InChI is InChI=1S/C32H32N4O11/c1-16-24(15-46-45-6)28(20-9-7-11-22(13-20)35(40)41)25(17(2)33-16)31(38)47-32(39)27-19(4)34-18(3)26(30(37)44-5)29(27)21-10-8-12-23(14-21)36(42)43/h7-14,24,26,28-29H,15H2,1-6H3/t24?,26?,28-,29+/m1/s1.